The highest BCUT2D eigenvalue weighted by atomic mass is 16.1. The molecule has 1 heteroatoms. The van der Waals surface area contributed by atoms with Crippen molar-refractivity contribution in [2.75, 3.05) is 0 Å². The van der Waals surface area contributed by atoms with Crippen molar-refractivity contribution in [1.29, 1.82) is 0 Å². The zero-order chi connectivity index (χ0) is 8.20. The Morgan fingerprint density at radius 2 is 2.00 bits per heavy atom. The summed E-state index contributed by atoms with van der Waals surface area (Å²) < 4.78 is 0. The van der Waals surface area contributed by atoms with Crippen LogP contribution in [-0.2, 0) is 4.79 Å². The van der Waals surface area contributed by atoms with Crippen molar-refractivity contribution in [3.8, 4) is 0 Å². The highest BCUT2D eigenvalue weighted by Gasteiger charge is 2.17. The maximum Gasteiger partial charge on any atom is 0.122 e. The lowest BCUT2D eigenvalue weighted by molar-refractivity contribution is -0.111. The zero-order valence-corrected chi connectivity index (χ0v) is 7.48. The van der Waals surface area contributed by atoms with E-state index in [-0.39, 0.29) is 5.92 Å². The lowest BCUT2D eigenvalue weighted by Gasteiger charge is -2.23. The number of rotatable bonds is 4. The van der Waals surface area contributed by atoms with Crippen LogP contribution in [0.5, 0.6) is 0 Å². The highest BCUT2D eigenvalue weighted by Crippen LogP contribution is 2.27. The summed E-state index contributed by atoms with van der Waals surface area (Å²) in [5.74, 6) is 0.218. The first kappa shape index (κ1) is 9.67. The van der Waals surface area contributed by atoms with E-state index in [0.717, 1.165) is 19.1 Å². The molecule has 1 atom stereocenters. The van der Waals surface area contributed by atoms with Gasteiger partial charge >= 0.3 is 0 Å². The molecule has 0 aromatic rings. The van der Waals surface area contributed by atoms with Gasteiger partial charge in [0.2, 0.25) is 0 Å². The normalized spacial score (nSPS) is 14.8. The van der Waals surface area contributed by atoms with Crippen LogP contribution in [0, 0.1) is 11.3 Å². The van der Waals surface area contributed by atoms with Gasteiger partial charge < -0.3 is 4.79 Å². The molecule has 10 heavy (non-hydrogen) atoms. The minimum Gasteiger partial charge on any atom is -0.303 e. The quantitative estimate of drug-likeness (QED) is 0.551. The van der Waals surface area contributed by atoms with E-state index in [9.17, 15) is 4.79 Å². The van der Waals surface area contributed by atoms with E-state index in [1.807, 2.05) is 6.92 Å². The standard InChI is InChI=1S/C9H18O/c1-5-9(3,4)6-8(2)7-10/h7-8H,5-6H2,1-4H3/t8-/m0/s1. The Morgan fingerprint density at radius 1 is 1.50 bits per heavy atom. The van der Waals surface area contributed by atoms with Crippen molar-refractivity contribution in [2.45, 2.75) is 40.5 Å². The Morgan fingerprint density at radius 3 is 2.30 bits per heavy atom. The summed E-state index contributed by atoms with van der Waals surface area (Å²) in [7, 11) is 0. The topological polar surface area (TPSA) is 17.1 Å². The van der Waals surface area contributed by atoms with Crippen molar-refractivity contribution < 1.29 is 4.79 Å². The van der Waals surface area contributed by atoms with Gasteiger partial charge in [0.15, 0.2) is 0 Å². The first-order valence-corrected chi connectivity index (χ1v) is 3.97. The maximum absolute atomic E-state index is 10.3. The molecule has 0 rings (SSSR count). The third kappa shape index (κ3) is 3.65. The Balaban J connectivity index is 3.75. The van der Waals surface area contributed by atoms with Gasteiger partial charge in [-0.2, -0.15) is 0 Å². The van der Waals surface area contributed by atoms with Crippen LogP contribution in [0.3, 0.4) is 0 Å². The summed E-state index contributed by atoms with van der Waals surface area (Å²) in [6.45, 7) is 8.54. The fraction of sp³-hybridized carbons (Fsp3) is 0.889. The lowest BCUT2D eigenvalue weighted by atomic mass is 9.82. The van der Waals surface area contributed by atoms with E-state index in [1.165, 1.54) is 0 Å². The number of hydrogen-bond donors (Lipinski definition) is 0. The van der Waals surface area contributed by atoms with Crippen LogP contribution >= 0.6 is 0 Å². The van der Waals surface area contributed by atoms with E-state index in [4.69, 9.17) is 0 Å². The first-order valence-electron chi connectivity index (χ1n) is 3.97. The van der Waals surface area contributed by atoms with Gasteiger partial charge in [-0.15, -0.1) is 0 Å². The molecule has 0 N–H and O–H groups in total. The Kier molecular flexibility index (Phi) is 3.62. The first-order chi connectivity index (χ1) is 4.52. The van der Waals surface area contributed by atoms with Gasteiger partial charge in [0.1, 0.15) is 6.29 Å². The van der Waals surface area contributed by atoms with Gasteiger partial charge in [-0.25, -0.2) is 0 Å². The molecule has 0 aliphatic rings. The SMILES string of the molecule is CCC(C)(C)C[C@H](C)C=O. The Hall–Kier alpha value is -0.330. The molecule has 0 aliphatic carbocycles. The number of carbonyl (C=O) groups excluding carboxylic acids is 1. The molecular formula is C9H18O. The molecule has 0 fully saturated rings. The summed E-state index contributed by atoms with van der Waals surface area (Å²) in [4.78, 5) is 10.3. The van der Waals surface area contributed by atoms with Crippen molar-refractivity contribution in [3.63, 3.8) is 0 Å². The second kappa shape index (κ2) is 3.75. The third-order valence-corrected chi connectivity index (χ3v) is 2.06. The predicted molar refractivity (Wildman–Crippen MR) is 43.9 cm³/mol. The molecule has 0 aliphatic heterocycles. The smallest absolute Gasteiger partial charge is 0.122 e. The van der Waals surface area contributed by atoms with Gasteiger partial charge in [0.25, 0.3) is 0 Å². The second-order valence-corrected chi connectivity index (χ2v) is 3.84. The van der Waals surface area contributed by atoms with E-state index in [1.54, 1.807) is 0 Å². The summed E-state index contributed by atoms with van der Waals surface area (Å²) in [5, 5.41) is 0. The zero-order valence-electron chi connectivity index (χ0n) is 7.48. The molecule has 0 spiro atoms. The summed E-state index contributed by atoms with van der Waals surface area (Å²) >= 11 is 0. The largest absolute Gasteiger partial charge is 0.303 e. The van der Waals surface area contributed by atoms with Gasteiger partial charge in [-0.3, -0.25) is 0 Å². The molecule has 60 valence electrons. The van der Waals surface area contributed by atoms with Crippen LogP contribution in [0.4, 0.5) is 0 Å². The number of hydrogen-bond acceptors (Lipinski definition) is 1. The number of carbonyl (C=O) groups is 1. The summed E-state index contributed by atoms with van der Waals surface area (Å²) in [6, 6.07) is 0. The van der Waals surface area contributed by atoms with Gasteiger partial charge in [0, 0.05) is 5.92 Å². The van der Waals surface area contributed by atoms with E-state index in [2.05, 4.69) is 20.8 Å². The van der Waals surface area contributed by atoms with Gasteiger partial charge in [-0.1, -0.05) is 34.1 Å². The fourth-order valence-corrected chi connectivity index (χ4v) is 1.06. The fourth-order valence-electron chi connectivity index (χ4n) is 1.06. The maximum atomic E-state index is 10.3. The molecule has 0 saturated carbocycles. The molecule has 1 nitrogen and oxygen atoms in total. The number of aldehydes is 1. The van der Waals surface area contributed by atoms with Crippen LogP contribution in [-0.4, -0.2) is 6.29 Å². The molecule has 0 aromatic heterocycles. The molecule has 0 radical (unpaired) electrons. The highest BCUT2D eigenvalue weighted by molar-refractivity contribution is 5.52. The lowest BCUT2D eigenvalue weighted by Crippen LogP contribution is -2.14. The van der Waals surface area contributed by atoms with E-state index >= 15 is 0 Å². The van der Waals surface area contributed by atoms with Crippen LogP contribution in [0.15, 0.2) is 0 Å². The van der Waals surface area contributed by atoms with Crippen molar-refractivity contribution >= 4 is 6.29 Å². The van der Waals surface area contributed by atoms with Crippen LogP contribution in [0.25, 0.3) is 0 Å². The minimum atomic E-state index is 0.218. The minimum absolute atomic E-state index is 0.218. The molecular weight excluding hydrogens is 124 g/mol. The predicted octanol–water partition coefficient (Wildman–Crippen LogP) is 2.65. The summed E-state index contributed by atoms with van der Waals surface area (Å²) in [6.07, 6.45) is 3.19. The summed E-state index contributed by atoms with van der Waals surface area (Å²) in [5.41, 5.74) is 0.334. The average Bonchev–Trinajstić information content (AvgIpc) is 1.87. The van der Waals surface area contributed by atoms with Crippen molar-refractivity contribution in [3.05, 3.63) is 0 Å². The van der Waals surface area contributed by atoms with Gasteiger partial charge in [-0.05, 0) is 11.8 Å². The van der Waals surface area contributed by atoms with Crippen LogP contribution in [0.2, 0.25) is 0 Å². The molecule has 0 bridgehead atoms. The van der Waals surface area contributed by atoms with Crippen molar-refractivity contribution in [1.82, 2.24) is 0 Å². The Labute approximate surface area is 63.8 Å². The van der Waals surface area contributed by atoms with Crippen molar-refractivity contribution in [2.24, 2.45) is 11.3 Å². The second-order valence-electron chi connectivity index (χ2n) is 3.84. The monoisotopic (exact) mass is 142 g/mol. The van der Waals surface area contributed by atoms with E-state index < -0.39 is 0 Å². The van der Waals surface area contributed by atoms with E-state index in [0.29, 0.717) is 5.41 Å². The molecule has 0 heterocycles. The van der Waals surface area contributed by atoms with Crippen LogP contribution in [0.1, 0.15) is 40.5 Å². The third-order valence-electron chi connectivity index (χ3n) is 2.06. The molecule has 0 saturated heterocycles. The average molecular weight is 142 g/mol. The van der Waals surface area contributed by atoms with Gasteiger partial charge in [0.05, 0.1) is 0 Å². The molecule has 0 unspecified atom stereocenters. The molecule has 0 amide bonds. The molecule has 0 aromatic carbocycles. The van der Waals surface area contributed by atoms with Crippen LogP contribution < -0.4 is 0 Å². The Bertz CT molecular complexity index is 105.